The molecule has 2 aliphatic carbocycles. The van der Waals surface area contributed by atoms with Crippen LogP contribution in [0.2, 0.25) is 19.6 Å². The predicted octanol–water partition coefficient (Wildman–Crippen LogP) is 5.12. The van der Waals surface area contributed by atoms with Crippen LogP contribution in [-0.2, 0) is 4.43 Å². The highest BCUT2D eigenvalue weighted by molar-refractivity contribution is 6.70. The Bertz CT molecular complexity index is 386. The predicted molar refractivity (Wildman–Crippen MR) is 80.9 cm³/mol. The summed E-state index contributed by atoms with van der Waals surface area (Å²) in [4.78, 5) is 0. The molecule has 1 saturated carbocycles. The summed E-state index contributed by atoms with van der Waals surface area (Å²) >= 11 is 0. The van der Waals surface area contributed by atoms with Gasteiger partial charge in [-0.05, 0) is 49.4 Å². The summed E-state index contributed by atoms with van der Waals surface area (Å²) in [7, 11) is -1.52. The summed E-state index contributed by atoms with van der Waals surface area (Å²) in [6.07, 6.45) is 10.8. The average Bonchev–Trinajstić information content (AvgIpc) is 2.12. The molecule has 2 aliphatic rings. The molecule has 0 saturated heterocycles. The van der Waals surface area contributed by atoms with Crippen LogP contribution in [-0.4, -0.2) is 8.32 Å². The molecule has 0 amide bonds. The van der Waals surface area contributed by atoms with Crippen LogP contribution in [0.1, 0.15) is 40.0 Å². The Labute approximate surface area is 113 Å². The summed E-state index contributed by atoms with van der Waals surface area (Å²) < 4.78 is 6.40. The van der Waals surface area contributed by atoms with Crippen molar-refractivity contribution in [2.45, 2.75) is 59.7 Å². The van der Waals surface area contributed by atoms with E-state index in [1.165, 1.54) is 25.0 Å². The van der Waals surface area contributed by atoms with E-state index >= 15 is 0 Å². The first-order chi connectivity index (χ1) is 8.14. The van der Waals surface area contributed by atoms with Gasteiger partial charge in [-0.3, -0.25) is 0 Å². The summed E-state index contributed by atoms with van der Waals surface area (Å²) in [5, 5.41) is 0. The Balaban J connectivity index is 2.35. The molecule has 0 aromatic rings. The van der Waals surface area contributed by atoms with Gasteiger partial charge in [-0.1, -0.05) is 39.3 Å². The largest absolute Gasteiger partial charge is 0.547 e. The van der Waals surface area contributed by atoms with Crippen molar-refractivity contribution in [3.05, 3.63) is 24.0 Å². The number of allylic oxidation sites excluding steroid dienone is 4. The lowest BCUT2D eigenvalue weighted by Gasteiger charge is -2.52. The maximum Gasteiger partial charge on any atom is 0.241 e. The van der Waals surface area contributed by atoms with Crippen molar-refractivity contribution < 1.29 is 4.43 Å². The van der Waals surface area contributed by atoms with E-state index in [9.17, 15) is 0 Å². The Hall–Kier alpha value is -0.503. The molecular weight excluding hydrogens is 236 g/mol. The van der Waals surface area contributed by atoms with E-state index in [-0.39, 0.29) is 0 Å². The molecule has 0 spiro atoms. The van der Waals surface area contributed by atoms with Gasteiger partial charge in [0.1, 0.15) is 0 Å². The second-order valence-electron chi connectivity index (χ2n) is 7.92. The summed E-state index contributed by atoms with van der Waals surface area (Å²) in [5.41, 5.74) is 0.648. The molecule has 0 aromatic carbocycles. The van der Waals surface area contributed by atoms with Crippen molar-refractivity contribution in [3.8, 4) is 0 Å². The molecule has 0 aliphatic heterocycles. The maximum absolute atomic E-state index is 6.40. The lowest BCUT2D eigenvalue weighted by Crippen LogP contribution is -2.45. The van der Waals surface area contributed by atoms with Crippen LogP contribution < -0.4 is 0 Å². The minimum absolute atomic E-state index is 0.297. The first kappa shape index (κ1) is 13.9. The number of hydrogen-bond donors (Lipinski definition) is 0. The van der Waals surface area contributed by atoms with Crippen LogP contribution in [0.4, 0.5) is 0 Å². The Kier molecular flexibility index (Phi) is 3.29. The van der Waals surface area contributed by atoms with E-state index in [0.29, 0.717) is 16.7 Å². The number of hydrogen-bond acceptors (Lipinski definition) is 1. The highest BCUT2D eigenvalue weighted by Crippen LogP contribution is 2.56. The van der Waals surface area contributed by atoms with Gasteiger partial charge in [0.15, 0.2) is 0 Å². The first-order valence-corrected chi connectivity index (χ1v) is 10.6. The molecule has 0 unspecified atom stereocenters. The van der Waals surface area contributed by atoms with Gasteiger partial charge < -0.3 is 4.43 Å². The second kappa shape index (κ2) is 4.26. The Morgan fingerprint density at radius 2 is 1.83 bits per heavy atom. The van der Waals surface area contributed by atoms with Crippen LogP contribution >= 0.6 is 0 Å². The first-order valence-electron chi connectivity index (χ1n) is 7.23. The molecule has 0 bridgehead atoms. The molecule has 1 nitrogen and oxygen atoms in total. The number of fused-ring (bicyclic) bond motifs is 1. The second-order valence-corrected chi connectivity index (χ2v) is 12.4. The van der Waals surface area contributed by atoms with E-state index in [1.54, 1.807) is 0 Å². The molecule has 0 aromatic heterocycles. The van der Waals surface area contributed by atoms with Gasteiger partial charge in [-0.15, -0.1) is 0 Å². The fraction of sp³-hybridized carbons (Fsp3) is 0.750. The highest BCUT2D eigenvalue weighted by atomic mass is 28.4. The van der Waals surface area contributed by atoms with E-state index in [2.05, 4.69) is 58.6 Å². The quantitative estimate of drug-likeness (QED) is 0.629. The normalized spacial score (nSPS) is 34.8. The summed E-state index contributed by atoms with van der Waals surface area (Å²) in [6.45, 7) is 14.1. The van der Waals surface area contributed by atoms with Crippen molar-refractivity contribution in [2.75, 3.05) is 0 Å². The van der Waals surface area contributed by atoms with Crippen molar-refractivity contribution in [1.82, 2.24) is 0 Å². The Morgan fingerprint density at radius 3 is 2.44 bits per heavy atom. The zero-order chi connectivity index (χ0) is 13.6. The Morgan fingerprint density at radius 1 is 1.17 bits per heavy atom. The van der Waals surface area contributed by atoms with Gasteiger partial charge in [-0.2, -0.15) is 0 Å². The highest BCUT2D eigenvalue weighted by Gasteiger charge is 2.49. The molecule has 0 radical (unpaired) electrons. The fourth-order valence-electron chi connectivity index (χ4n) is 3.90. The van der Waals surface area contributed by atoms with Crippen molar-refractivity contribution in [3.63, 3.8) is 0 Å². The van der Waals surface area contributed by atoms with Crippen molar-refractivity contribution in [2.24, 2.45) is 16.7 Å². The van der Waals surface area contributed by atoms with Gasteiger partial charge in [0, 0.05) is 5.92 Å². The molecule has 0 heterocycles. The van der Waals surface area contributed by atoms with Crippen LogP contribution in [0.25, 0.3) is 0 Å². The van der Waals surface area contributed by atoms with Gasteiger partial charge in [0.25, 0.3) is 0 Å². The number of rotatable bonds is 2. The van der Waals surface area contributed by atoms with Gasteiger partial charge in [0.2, 0.25) is 8.32 Å². The third-order valence-electron chi connectivity index (χ3n) is 4.42. The summed E-state index contributed by atoms with van der Waals surface area (Å²) in [6, 6.07) is 0. The SMILES string of the molecule is CC1(C)CCC[C@]2(C)C=CC=C(O[Si](C)(C)C)[C@@H]12. The average molecular weight is 264 g/mol. The van der Waals surface area contributed by atoms with E-state index in [0.717, 1.165) is 0 Å². The topological polar surface area (TPSA) is 9.23 Å². The fourth-order valence-corrected chi connectivity index (χ4v) is 4.79. The zero-order valence-electron chi connectivity index (χ0n) is 12.8. The molecule has 2 heteroatoms. The molecule has 2 rings (SSSR count). The van der Waals surface area contributed by atoms with E-state index in [4.69, 9.17) is 4.43 Å². The molecule has 0 N–H and O–H groups in total. The minimum atomic E-state index is -1.52. The molecular formula is C16H28OSi. The lowest BCUT2D eigenvalue weighted by molar-refractivity contribution is 0.0328. The van der Waals surface area contributed by atoms with Crippen LogP contribution in [0, 0.1) is 16.7 Å². The maximum atomic E-state index is 6.40. The van der Waals surface area contributed by atoms with Crippen molar-refractivity contribution >= 4 is 8.32 Å². The molecule has 18 heavy (non-hydrogen) atoms. The van der Waals surface area contributed by atoms with Crippen molar-refractivity contribution in [1.29, 1.82) is 0 Å². The monoisotopic (exact) mass is 264 g/mol. The smallest absolute Gasteiger partial charge is 0.241 e. The third-order valence-corrected chi connectivity index (χ3v) is 5.27. The third kappa shape index (κ3) is 2.58. The summed E-state index contributed by atoms with van der Waals surface area (Å²) in [5.74, 6) is 1.80. The molecule has 102 valence electrons. The van der Waals surface area contributed by atoms with Gasteiger partial charge in [0.05, 0.1) is 5.76 Å². The van der Waals surface area contributed by atoms with Crippen LogP contribution in [0.15, 0.2) is 24.0 Å². The van der Waals surface area contributed by atoms with Crippen LogP contribution in [0.3, 0.4) is 0 Å². The van der Waals surface area contributed by atoms with Crippen LogP contribution in [0.5, 0.6) is 0 Å². The molecule has 2 atom stereocenters. The van der Waals surface area contributed by atoms with Gasteiger partial charge in [-0.25, -0.2) is 0 Å². The zero-order valence-corrected chi connectivity index (χ0v) is 13.8. The minimum Gasteiger partial charge on any atom is -0.547 e. The standard InChI is InChI=1S/C16H28OSi/c1-15(2)10-8-12-16(3)11-7-9-13(14(15)16)17-18(4,5)6/h7,9,11,14H,8,10,12H2,1-6H3/t14-,16-/m0/s1. The molecule has 1 fully saturated rings. The van der Waals surface area contributed by atoms with E-state index < -0.39 is 8.32 Å². The van der Waals surface area contributed by atoms with E-state index in [1.807, 2.05) is 0 Å². The van der Waals surface area contributed by atoms with Gasteiger partial charge >= 0.3 is 0 Å². The lowest BCUT2D eigenvalue weighted by atomic mass is 9.55.